The smallest absolute Gasteiger partial charge is 0.238 e. The average Bonchev–Trinajstić information content (AvgIpc) is 2.63. The number of hydrogen-bond donors (Lipinski definition) is 3. The van der Waals surface area contributed by atoms with Crippen molar-refractivity contribution < 1.29 is 14.3 Å². The molecule has 1 aliphatic heterocycles. The molecule has 0 radical (unpaired) electrons. The van der Waals surface area contributed by atoms with Gasteiger partial charge in [0.1, 0.15) is 0 Å². The van der Waals surface area contributed by atoms with E-state index < -0.39 is 0 Å². The minimum Gasteiger partial charge on any atom is -0.380 e. The van der Waals surface area contributed by atoms with Crippen molar-refractivity contribution in [3.05, 3.63) is 24.3 Å². The number of ether oxygens (including phenoxy) is 1. The van der Waals surface area contributed by atoms with Gasteiger partial charge in [-0.05, 0) is 50.2 Å². The van der Waals surface area contributed by atoms with Crippen LogP contribution in [0.2, 0.25) is 0 Å². The van der Waals surface area contributed by atoms with Crippen LogP contribution in [-0.4, -0.2) is 56.1 Å². The van der Waals surface area contributed by atoms with Crippen molar-refractivity contribution >= 4 is 48.0 Å². The van der Waals surface area contributed by atoms with Gasteiger partial charge in [0.05, 0.1) is 19.1 Å². The van der Waals surface area contributed by atoms with Crippen LogP contribution in [0.1, 0.15) is 38.5 Å². The number of carbonyl (C=O) groups is 2. The lowest BCUT2D eigenvalue weighted by atomic mass is 10.1. The second-order valence-corrected chi connectivity index (χ2v) is 7.02. The van der Waals surface area contributed by atoms with Crippen LogP contribution in [0.5, 0.6) is 0 Å². The first kappa shape index (κ1) is 27.6. The molecule has 9 heteroatoms. The zero-order chi connectivity index (χ0) is 19.5. The predicted octanol–water partition coefficient (Wildman–Crippen LogP) is 3.04. The summed E-state index contributed by atoms with van der Waals surface area (Å²) < 4.78 is 5.11. The molecule has 4 N–H and O–H groups in total. The summed E-state index contributed by atoms with van der Waals surface area (Å²) in [4.78, 5) is 26.5. The van der Waals surface area contributed by atoms with Crippen LogP contribution in [0.25, 0.3) is 0 Å². The number of amides is 2. The number of nitrogens with two attached hydrogens (primary N) is 1. The summed E-state index contributed by atoms with van der Waals surface area (Å²) in [5.74, 6) is -0.153. The van der Waals surface area contributed by atoms with Crippen LogP contribution in [0.3, 0.4) is 0 Å². The van der Waals surface area contributed by atoms with Crippen LogP contribution in [0.4, 0.5) is 11.4 Å². The van der Waals surface area contributed by atoms with E-state index in [1.54, 1.807) is 24.3 Å². The highest BCUT2D eigenvalue weighted by molar-refractivity contribution is 5.93. The van der Waals surface area contributed by atoms with E-state index in [1.807, 2.05) is 0 Å². The van der Waals surface area contributed by atoms with Crippen LogP contribution in [-0.2, 0) is 14.3 Å². The number of benzene rings is 1. The number of nitrogens with one attached hydrogen (secondary N) is 2. The average molecular weight is 449 g/mol. The number of methoxy groups -OCH3 is 1. The van der Waals surface area contributed by atoms with Gasteiger partial charge in [-0.3, -0.25) is 14.5 Å². The molecule has 0 bridgehead atoms. The number of halogens is 2. The third kappa shape index (κ3) is 10.8. The molecule has 1 saturated heterocycles. The molecule has 166 valence electrons. The van der Waals surface area contributed by atoms with Gasteiger partial charge in [0.2, 0.25) is 11.8 Å². The third-order valence-electron chi connectivity index (χ3n) is 4.78. The van der Waals surface area contributed by atoms with Crippen LogP contribution < -0.4 is 16.4 Å². The maximum atomic E-state index is 12.3. The van der Waals surface area contributed by atoms with Crippen molar-refractivity contribution in [3.63, 3.8) is 0 Å². The van der Waals surface area contributed by atoms with Gasteiger partial charge < -0.3 is 21.1 Å². The quantitative estimate of drug-likeness (QED) is 0.567. The highest BCUT2D eigenvalue weighted by atomic mass is 35.5. The summed E-state index contributed by atoms with van der Waals surface area (Å²) >= 11 is 0. The molecule has 1 aromatic carbocycles. The van der Waals surface area contributed by atoms with Crippen LogP contribution in [0, 0.1) is 0 Å². The molecular weight excluding hydrogens is 415 g/mol. The summed E-state index contributed by atoms with van der Waals surface area (Å²) in [6.07, 6.45) is 6.06. The maximum absolute atomic E-state index is 12.3. The fourth-order valence-electron chi connectivity index (χ4n) is 3.19. The van der Waals surface area contributed by atoms with E-state index in [0.29, 0.717) is 18.8 Å². The molecule has 1 heterocycles. The highest BCUT2D eigenvalue weighted by Gasteiger charge is 2.13. The Morgan fingerprint density at radius 1 is 0.966 bits per heavy atom. The zero-order valence-corrected chi connectivity index (χ0v) is 18.7. The van der Waals surface area contributed by atoms with E-state index >= 15 is 0 Å². The van der Waals surface area contributed by atoms with E-state index in [9.17, 15) is 9.59 Å². The van der Waals surface area contributed by atoms with Gasteiger partial charge in [-0.1, -0.05) is 19.3 Å². The van der Waals surface area contributed by atoms with Gasteiger partial charge in [0, 0.05) is 25.0 Å². The molecular formula is C20H34Cl2N4O3. The lowest BCUT2D eigenvalue weighted by Crippen LogP contribution is -2.35. The second-order valence-electron chi connectivity index (χ2n) is 7.02. The Bertz CT molecular complexity index is 590. The van der Waals surface area contributed by atoms with Crippen molar-refractivity contribution in [2.45, 2.75) is 44.6 Å². The Hall–Kier alpha value is -1.38. The summed E-state index contributed by atoms with van der Waals surface area (Å²) in [6.45, 7) is 2.70. The number of hydrogen-bond acceptors (Lipinski definition) is 5. The van der Waals surface area contributed by atoms with E-state index in [-0.39, 0.29) is 49.2 Å². The maximum Gasteiger partial charge on any atom is 0.238 e. The van der Waals surface area contributed by atoms with E-state index in [1.165, 1.54) is 26.4 Å². The number of carbonyl (C=O) groups excluding carboxylic acids is 2. The molecule has 1 unspecified atom stereocenters. The fraction of sp³-hybridized carbons (Fsp3) is 0.600. The Kier molecular flexibility index (Phi) is 14.7. The molecule has 7 nitrogen and oxygen atoms in total. The molecule has 2 amide bonds. The zero-order valence-electron chi connectivity index (χ0n) is 17.0. The lowest BCUT2D eigenvalue weighted by Gasteiger charge is -2.23. The highest BCUT2D eigenvalue weighted by Crippen LogP contribution is 2.15. The Labute approximate surface area is 185 Å². The minimum absolute atomic E-state index is 0. The summed E-state index contributed by atoms with van der Waals surface area (Å²) in [6, 6.07) is 7.12. The Morgan fingerprint density at radius 3 is 1.93 bits per heavy atom. The van der Waals surface area contributed by atoms with Crippen molar-refractivity contribution in [1.29, 1.82) is 0 Å². The number of rotatable bonds is 8. The standard InChI is InChI=1S/C20H32N4O3.2ClH/c1-27-18(14-21)13-19(25)22-16-7-9-17(10-8-16)23-20(26)15-24-11-5-3-2-4-6-12-24;;/h7-10,18H,2-6,11-15,21H2,1H3,(H,22,25)(H,23,26);2*1H. The summed E-state index contributed by atoms with van der Waals surface area (Å²) in [5, 5.41) is 5.73. The first-order valence-electron chi connectivity index (χ1n) is 9.75. The summed E-state index contributed by atoms with van der Waals surface area (Å²) in [5.41, 5.74) is 6.92. The van der Waals surface area contributed by atoms with Crippen LogP contribution in [0.15, 0.2) is 24.3 Å². The molecule has 1 fully saturated rings. The summed E-state index contributed by atoms with van der Waals surface area (Å²) in [7, 11) is 1.54. The topological polar surface area (TPSA) is 96.7 Å². The largest absolute Gasteiger partial charge is 0.380 e. The van der Waals surface area contributed by atoms with Gasteiger partial charge >= 0.3 is 0 Å². The molecule has 1 aromatic rings. The van der Waals surface area contributed by atoms with Crippen molar-refractivity contribution in [2.24, 2.45) is 5.73 Å². The number of nitrogens with zero attached hydrogens (tertiary/aromatic N) is 1. The Morgan fingerprint density at radius 2 is 1.45 bits per heavy atom. The SMILES string of the molecule is COC(CN)CC(=O)Nc1ccc(NC(=O)CN2CCCCCCC2)cc1.Cl.Cl. The molecule has 0 saturated carbocycles. The molecule has 1 atom stereocenters. The monoisotopic (exact) mass is 448 g/mol. The first-order valence-corrected chi connectivity index (χ1v) is 9.75. The van der Waals surface area contributed by atoms with E-state index in [2.05, 4.69) is 15.5 Å². The van der Waals surface area contributed by atoms with Gasteiger partial charge in [0.25, 0.3) is 0 Å². The fourth-order valence-corrected chi connectivity index (χ4v) is 3.19. The van der Waals surface area contributed by atoms with E-state index in [4.69, 9.17) is 10.5 Å². The number of anilines is 2. The molecule has 0 aliphatic carbocycles. The van der Waals surface area contributed by atoms with Crippen LogP contribution >= 0.6 is 24.8 Å². The minimum atomic E-state index is -0.285. The van der Waals surface area contributed by atoms with Crippen molar-refractivity contribution in [3.8, 4) is 0 Å². The predicted molar refractivity (Wildman–Crippen MR) is 122 cm³/mol. The second kappa shape index (κ2) is 15.5. The molecule has 29 heavy (non-hydrogen) atoms. The molecule has 1 aliphatic rings. The van der Waals surface area contributed by atoms with Crippen molar-refractivity contribution in [2.75, 3.05) is 43.9 Å². The van der Waals surface area contributed by atoms with Gasteiger partial charge in [0.15, 0.2) is 0 Å². The third-order valence-corrected chi connectivity index (χ3v) is 4.78. The number of likely N-dealkylation sites (tertiary alicyclic amines) is 1. The van der Waals surface area contributed by atoms with E-state index in [0.717, 1.165) is 31.6 Å². The Balaban J connectivity index is 0.00000392. The van der Waals surface area contributed by atoms with Gasteiger partial charge in [-0.15, -0.1) is 24.8 Å². The van der Waals surface area contributed by atoms with Gasteiger partial charge in [-0.25, -0.2) is 0 Å². The van der Waals surface area contributed by atoms with Crippen molar-refractivity contribution in [1.82, 2.24) is 4.90 Å². The van der Waals surface area contributed by atoms with Gasteiger partial charge in [-0.2, -0.15) is 0 Å². The molecule has 2 rings (SSSR count). The lowest BCUT2D eigenvalue weighted by molar-refractivity contribution is -0.118. The molecule has 0 aromatic heterocycles. The normalized spacial score (nSPS) is 15.7. The first-order chi connectivity index (χ1) is 13.1. The molecule has 0 spiro atoms.